The van der Waals surface area contributed by atoms with Gasteiger partial charge in [0.05, 0.1) is 5.75 Å². The molecule has 21 heavy (non-hydrogen) atoms. The molecule has 116 valence electrons. The Labute approximate surface area is 128 Å². The van der Waals surface area contributed by atoms with Crippen molar-refractivity contribution >= 4 is 27.5 Å². The van der Waals surface area contributed by atoms with Gasteiger partial charge in [0, 0.05) is 36.6 Å². The fraction of sp³-hybridized carbons (Fsp3) is 0.462. The summed E-state index contributed by atoms with van der Waals surface area (Å²) in [6.07, 6.45) is 0.557. The third-order valence-electron chi connectivity index (χ3n) is 3.30. The molecule has 1 amide bonds. The average Bonchev–Trinajstić information content (AvgIpc) is 2.81. The van der Waals surface area contributed by atoms with Crippen LogP contribution in [0.1, 0.15) is 18.9 Å². The molecule has 1 fully saturated rings. The molecule has 0 radical (unpaired) electrons. The maximum Gasteiger partial charge on any atom is 0.218 e. The van der Waals surface area contributed by atoms with Gasteiger partial charge in [0.2, 0.25) is 15.9 Å². The number of carbonyl (C=O) groups excluding carboxylic acids is 1. The number of halogens is 2. The van der Waals surface area contributed by atoms with Crippen LogP contribution in [-0.4, -0.2) is 37.8 Å². The molecule has 1 aromatic rings. The van der Waals surface area contributed by atoms with E-state index in [-0.39, 0.29) is 29.1 Å². The number of amides is 1. The summed E-state index contributed by atoms with van der Waals surface area (Å²) in [4.78, 5) is 11.0. The standard InChI is InChI=1S/C13H16ClFN2O3S/c1-9(18)16-12-4-5-17(7-12)21(19,20)8-10-2-3-11(14)6-13(10)15/h2-3,6,12H,4-5,7-8H2,1H3,(H,16,18). The monoisotopic (exact) mass is 334 g/mol. The summed E-state index contributed by atoms with van der Waals surface area (Å²) in [5, 5.41) is 2.91. The third kappa shape index (κ3) is 4.15. The molecule has 0 aromatic heterocycles. The number of hydrogen-bond acceptors (Lipinski definition) is 3. The van der Waals surface area contributed by atoms with Crippen molar-refractivity contribution in [2.75, 3.05) is 13.1 Å². The van der Waals surface area contributed by atoms with E-state index >= 15 is 0 Å². The molecule has 1 aliphatic heterocycles. The van der Waals surface area contributed by atoms with Gasteiger partial charge >= 0.3 is 0 Å². The Balaban J connectivity index is 2.07. The highest BCUT2D eigenvalue weighted by Gasteiger charge is 2.32. The average molecular weight is 335 g/mol. The van der Waals surface area contributed by atoms with Crippen LogP contribution in [0.2, 0.25) is 5.02 Å². The van der Waals surface area contributed by atoms with Crippen molar-refractivity contribution in [1.29, 1.82) is 0 Å². The summed E-state index contributed by atoms with van der Waals surface area (Å²) < 4.78 is 39.5. The van der Waals surface area contributed by atoms with Gasteiger partial charge in [-0.25, -0.2) is 12.8 Å². The molecule has 0 spiro atoms. The molecule has 1 aromatic carbocycles. The maximum absolute atomic E-state index is 13.7. The number of benzene rings is 1. The first-order valence-corrected chi connectivity index (χ1v) is 8.45. The molecule has 5 nitrogen and oxygen atoms in total. The number of hydrogen-bond donors (Lipinski definition) is 1. The predicted octanol–water partition coefficient (Wildman–Crippen LogP) is 1.52. The van der Waals surface area contributed by atoms with E-state index in [1.165, 1.54) is 23.4 Å². The lowest BCUT2D eigenvalue weighted by molar-refractivity contribution is -0.119. The molecule has 8 heteroatoms. The van der Waals surface area contributed by atoms with Gasteiger partial charge in [-0.15, -0.1) is 0 Å². The minimum absolute atomic E-state index is 0.0855. The van der Waals surface area contributed by atoms with E-state index in [1.807, 2.05) is 0 Å². The van der Waals surface area contributed by atoms with Crippen molar-refractivity contribution in [2.45, 2.75) is 25.1 Å². The Morgan fingerprint density at radius 2 is 2.24 bits per heavy atom. The van der Waals surface area contributed by atoms with Gasteiger partial charge in [-0.3, -0.25) is 4.79 Å². The van der Waals surface area contributed by atoms with E-state index in [0.717, 1.165) is 6.07 Å². The van der Waals surface area contributed by atoms with Crippen LogP contribution in [0.3, 0.4) is 0 Å². The summed E-state index contributed by atoms with van der Waals surface area (Å²) in [6.45, 7) is 1.93. The number of rotatable bonds is 4. The zero-order chi connectivity index (χ0) is 15.6. The van der Waals surface area contributed by atoms with Crippen LogP contribution < -0.4 is 5.32 Å². The van der Waals surface area contributed by atoms with Crippen molar-refractivity contribution in [3.63, 3.8) is 0 Å². The van der Waals surface area contributed by atoms with Crippen LogP contribution in [0, 0.1) is 5.82 Å². The second-order valence-electron chi connectivity index (χ2n) is 5.04. The zero-order valence-corrected chi connectivity index (χ0v) is 13.0. The van der Waals surface area contributed by atoms with E-state index < -0.39 is 21.6 Å². The van der Waals surface area contributed by atoms with Crippen molar-refractivity contribution < 1.29 is 17.6 Å². The minimum atomic E-state index is -3.62. The lowest BCUT2D eigenvalue weighted by Gasteiger charge is -2.17. The summed E-state index contributed by atoms with van der Waals surface area (Å²) in [5.74, 6) is -1.24. The second kappa shape index (κ2) is 6.29. The van der Waals surface area contributed by atoms with Crippen LogP contribution in [-0.2, 0) is 20.6 Å². The molecule has 1 aliphatic rings. The van der Waals surface area contributed by atoms with Gasteiger partial charge in [-0.2, -0.15) is 4.31 Å². The van der Waals surface area contributed by atoms with E-state index in [0.29, 0.717) is 13.0 Å². The summed E-state index contributed by atoms with van der Waals surface area (Å²) in [6, 6.07) is 3.74. The Kier molecular flexibility index (Phi) is 4.85. The molecule has 0 aliphatic carbocycles. The Bertz CT molecular complexity index is 651. The zero-order valence-electron chi connectivity index (χ0n) is 11.5. The van der Waals surface area contributed by atoms with Crippen LogP contribution >= 0.6 is 11.6 Å². The molecule has 0 bridgehead atoms. The first-order valence-electron chi connectivity index (χ1n) is 6.47. The lowest BCUT2D eigenvalue weighted by Crippen LogP contribution is -2.37. The van der Waals surface area contributed by atoms with E-state index in [4.69, 9.17) is 11.6 Å². The highest BCUT2D eigenvalue weighted by Crippen LogP contribution is 2.21. The fourth-order valence-corrected chi connectivity index (χ4v) is 4.07. The largest absolute Gasteiger partial charge is 0.352 e. The highest BCUT2D eigenvalue weighted by molar-refractivity contribution is 7.88. The van der Waals surface area contributed by atoms with Gasteiger partial charge in [0.1, 0.15) is 5.82 Å². The molecule has 1 N–H and O–H groups in total. The number of sulfonamides is 1. The van der Waals surface area contributed by atoms with Crippen LogP contribution in [0.4, 0.5) is 4.39 Å². The van der Waals surface area contributed by atoms with E-state index in [9.17, 15) is 17.6 Å². The van der Waals surface area contributed by atoms with E-state index in [1.54, 1.807) is 0 Å². The van der Waals surface area contributed by atoms with Crippen LogP contribution in [0.25, 0.3) is 0 Å². The van der Waals surface area contributed by atoms with Gasteiger partial charge in [0.15, 0.2) is 0 Å². The van der Waals surface area contributed by atoms with Crippen molar-refractivity contribution in [2.24, 2.45) is 0 Å². The molecular weight excluding hydrogens is 319 g/mol. The molecular formula is C13H16ClFN2O3S. The summed E-state index contributed by atoms with van der Waals surface area (Å²) in [7, 11) is -3.62. The van der Waals surface area contributed by atoms with Crippen molar-refractivity contribution in [3.05, 3.63) is 34.6 Å². The first-order chi connectivity index (χ1) is 9.78. The Morgan fingerprint density at radius 1 is 1.52 bits per heavy atom. The maximum atomic E-state index is 13.7. The van der Waals surface area contributed by atoms with Crippen LogP contribution in [0.15, 0.2) is 18.2 Å². The normalized spacial score (nSPS) is 19.7. The van der Waals surface area contributed by atoms with Crippen molar-refractivity contribution in [3.8, 4) is 0 Å². The molecule has 1 atom stereocenters. The van der Waals surface area contributed by atoms with Gasteiger partial charge < -0.3 is 5.32 Å². The molecule has 1 unspecified atom stereocenters. The Hall–Kier alpha value is -1.18. The minimum Gasteiger partial charge on any atom is -0.352 e. The SMILES string of the molecule is CC(=O)NC1CCN(S(=O)(=O)Cc2ccc(Cl)cc2F)C1. The Morgan fingerprint density at radius 3 is 2.86 bits per heavy atom. The lowest BCUT2D eigenvalue weighted by atomic mass is 10.2. The van der Waals surface area contributed by atoms with Gasteiger partial charge in [-0.1, -0.05) is 17.7 Å². The quantitative estimate of drug-likeness (QED) is 0.908. The molecule has 0 saturated carbocycles. The third-order valence-corrected chi connectivity index (χ3v) is 5.33. The molecule has 1 saturated heterocycles. The topological polar surface area (TPSA) is 66.5 Å². The predicted molar refractivity (Wildman–Crippen MR) is 77.8 cm³/mol. The number of nitrogens with zero attached hydrogens (tertiary/aromatic N) is 1. The van der Waals surface area contributed by atoms with E-state index in [2.05, 4.69) is 5.32 Å². The summed E-state index contributed by atoms with van der Waals surface area (Å²) in [5.41, 5.74) is 0.0855. The second-order valence-corrected chi connectivity index (χ2v) is 7.44. The number of nitrogens with one attached hydrogen (secondary N) is 1. The smallest absolute Gasteiger partial charge is 0.218 e. The molecule has 2 rings (SSSR count). The summed E-state index contributed by atoms with van der Waals surface area (Å²) >= 11 is 5.64. The van der Waals surface area contributed by atoms with Crippen molar-refractivity contribution in [1.82, 2.24) is 9.62 Å². The number of carbonyl (C=O) groups is 1. The first kappa shape index (κ1) is 16.2. The van der Waals surface area contributed by atoms with Gasteiger partial charge in [0.25, 0.3) is 0 Å². The fourth-order valence-electron chi connectivity index (χ4n) is 2.31. The molecule has 1 heterocycles. The van der Waals surface area contributed by atoms with Gasteiger partial charge in [-0.05, 0) is 18.6 Å². The highest BCUT2D eigenvalue weighted by atomic mass is 35.5. The van der Waals surface area contributed by atoms with Crippen LogP contribution in [0.5, 0.6) is 0 Å².